The summed E-state index contributed by atoms with van der Waals surface area (Å²) in [7, 11) is 0. The third-order valence-electron chi connectivity index (χ3n) is 5.06. The fourth-order valence-corrected chi connectivity index (χ4v) is 4.01. The van der Waals surface area contributed by atoms with Crippen LogP contribution in [0.4, 0.5) is 0 Å². The van der Waals surface area contributed by atoms with Crippen LogP contribution < -0.4 is 4.74 Å². The van der Waals surface area contributed by atoms with Gasteiger partial charge in [0.1, 0.15) is 11.9 Å². The molecule has 2 atom stereocenters. The van der Waals surface area contributed by atoms with Crippen molar-refractivity contribution in [2.75, 3.05) is 19.7 Å². The first kappa shape index (κ1) is 16.5. The third kappa shape index (κ3) is 3.99. The third-order valence-corrected chi connectivity index (χ3v) is 5.06. The van der Waals surface area contributed by atoms with Crippen LogP contribution in [0.5, 0.6) is 5.75 Å². The lowest BCUT2D eigenvalue weighted by Crippen LogP contribution is -2.47. The van der Waals surface area contributed by atoms with Crippen molar-refractivity contribution >= 4 is 0 Å². The molecule has 0 unspecified atom stereocenters. The van der Waals surface area contributed by atoms with Crippen molar-refractivity contribution in [1.29, 1.82) is 0 Å². The van der Waals surface area contributed by atoms with Crippen LogP contribution in [0.15, 0.2) is 42.7 Å². The SMILES string of the molecule is Cc1cccc(CN2CCC[C@@]3(C[C@H](Oc4cccnc4)CO3)C2)n1. The second-order valence-electron chi connectivity index (χ2n) is 7.21. The molecule has 0 radical (unpaired) electrons. The van der Waals surface area contributed by atoms with Gasteiger partial charge >= 0.3 is 0 Å². The van der Waals surface area contributed by atoms with Crippen molar-refractivity contribution in [3.05, 3.63) is 54.1 Å². The van der Waals surface area contributed by atoms with Gasteiger partial charge < -0.3 is 9.47 Å². The minimum Gasteiger partial charge on any atom is -0.486 e. The molecule has 2 fully saturated rings. The summed E-state index contributed by atoms with van der Waals surface area (Å²) in [6.07, 6.45) is 6.85. The molecular weight excluding hydrogens is 314 g/mol. The van der Waals surface area contributed by atoms with Crippen LogP contribution in [0.25, 0.3) is 0 Å². The van der Waals surface area contributed by atoms with E-state index in [2.05, 4.69) is 27.0 Å². The molecule has 1 spiro atoms. The van der Waals surface area contributed by atoms with Crippen molar-refractivity contribution in [1.82, 2.24) is 14.9 Å². The molecule has 2 saturated heterocycles. The van der Waals surface area contributed by atoms with Gasteiger partial charge in [-0.1, -0.05) is 6.07 Å². The van der Waals surface area contributed by atoms with Crippen LogP contribution in [0, 0.1) is 6.92 Å². The maximum Gasteiger partial charge on any atom is 0.138 e. The topological polar surface area (TPSA) is 47.5 Å². The lowest BCUT2D eigenvalue weighted by atomic mass is 9.89. The Morgan fingerprint density at radius 1 is 1.32 bits per heavy atom. The van der Waals surface area contributed by atoms with Crippen LogP contribution in [0.2, 0.25) is 0 Å². The zero-order valence-electron chi connectivity index (χ0n) is 14.7. The summed E-state index contributed by atoms with van der Waals surface area (Å²) in [6, 6.07) is 10.1. The van der Waals surface area contributed by atoms with E-state index in [0.29, 0.717) is 6.61 Å². The summed E-state index contributed by atoms with van der Waals surface area (Å²) in [5.41, 5.74) is 2.14. The van der Waals surface area contributed by atoms with Gasteiger partial charge in [0.2, 0.25) is 0 Å². The van der Waals surface area contributed by atoms with Crippen LogP contribution in [0.1, 0.15) is 30.7 Å². The number of hydrogen-bond donors (Lipinski definition) is 0. The highest BCUT2D eigenvalue weighted by Crippen LogP contribution is 2.36. The monoisotopic (exact) mass is 339 g/mol. The van der Waals surface area contributed by atoms with E-state index in [1.165, 1.54) is 0 Å². The average molecular weight is 339 g/mol. The van der Waals surface area contributed by atoms with Crippen molar-refractivity contribution in [2.24, 2.45) is 0 Å². The van der Waals surface area contributed by atoms with Crippen molar-refractivity contribution in [2.45, 2.75) is 44.4 Å². The molecule has 4 rings (SSSR count). The molecule has 2 aliphatic rings. The lowest BCUT2D eigenvalue weighted by molar-refractivity contribution is -0.0540. The number of likely N-dealkylation sites (tertiary alicyclic amines) is 1. The lowest BCUT2D eigenvalue weighted by Gasteiger charge is -2.39. The van der Waals surface area contributed by atoms with E-state index in [4.69, 9.17) is 9.47 Å². The molecule has 0 amide bonds. The normalized spacial score (nSPS) is 26.8. The van der Waals surface area contributed by atoms with Gasteiger partial charge in [-0.2, -0.15) is 0 Å². The summed E-state index contributed by atoms with van der Waals surface area (Å²) in [5, 5.41) is 0. The molecule has 2 aliphatic heterocycles. The predicted molar refractivity (Wildman–Crippen MR) is 95.4 cm³/mol. The van der Waals surface area contributed by atoms with Gasteiger partial charge in [0.25, 0.3) is 0 Å². The van der Waals surface area contributed by atoms with E-state index in [-0.39, 0.29) is 11.7 Å². The largest absolute Gasteiger partial charge is 0.486 e. The molecule has 0 aromatic carbocycles. The molecule has 0 bridgehead atoms. The van der Waals surface area contributed by atoms with Crippen molar-refractivity contribution < 1.29 is 9.47 Å². The number of rotatable bonds is 4. The minimum atomic E-state index is -0.0745. The zero-order valence-corrected chi connectivity index (χ0v) is 14.7. The minimum absolute atomic E-state index is 0.0745. The Labute approximate surface area is 149 Å². The van der Waals surface area contributed by atoms with Gasteiger partial charge in [0.05, 0.1) is 24.1 Å². The highest BCUT2D eigenvalue weighted by molar-refractivity contribution is 5.16. The van der Waals surface area contributed by atoms with Crippen molar-refractivity contribution in [3.8, 4) is 5.75 Å². The molecule has 0 aliphatic carbocycles. The molecule has 132 valence electrons. The highest BCUT2D eigenvalue weighted by Gasteiger charge is 2.44. The summed E-state index contributed by atoms with van der Waals surface area (Å²) < 4.78 is 12.3. The van der Waals surface area contributed by atoms with E-state index < -0.39 is 0 Å². The second kappa shape index (κ2) is 7.10. The van der Waals surface area contributed by atoms with E-state index in [1.54, 1.807) is 12.4 Å². The number of aryl methyl sites for hydroxylation is 1. The summed E-state index contributed by atoms with van der Waals surface area (Å²) in [5.74, 6) is 0.824. The first-order valence-electron chi connectivity index (χ1n) is 9.06. The Morgan fingerprint density at radius 3 is 3.12 bits per heavy atom. The Kier molecular flexibility index (Phi) is 4.68. The maximum atomic E-state index is 6.25. The van der Waals surface area contributed by atoms with Gasteiger partial charge in [0, 0.05) is 31.4 Å². The predicted octanol–water partition coefficient (Wildman–Crippen LogP) is 2.99. The van der Waals surface area contributed by atoms with Crippen LogP contribution in [-0.2, 0) is 11.3 Å². The smallest absolute Gasteiger partial charge is 0.138 e. The highest BCUT2D eigenvalue weighted by atomic mass is 16.6. The Bertz CT molecular complexity index is 709. The fourth-order valence-electron chi connectivity index (χ4n) is 4.01. The molecule has 4 heterocycles. The molecule has 2 aromatic rings. The molecule has 0 N–H and O–H groups in total. The molecule has 5 nitrogen and oxygen atoms in total. The first-order chi connectivity index (χ1) is 12.2. The standard InChI is InChI=1S/C20H25N3O2/c1-16-5-2-6-17(22-16)13-23-10-4-8-20(15-23)11-19(14-24-20)25-18-7-3-9-21-12-18/h2-3,5-7,9,12,19H,4,8,10-11,13-15H2,1H3/t19-,20+/m0/s1. The zero-order chi connectivity index (χ0) is 17.1. The van der Waals surface area contributed by atoms with E-state index in [0.717, 1.165) is 56.0 Å². The number of pyridine rings is 2. The number of piperidine rings is 1. The van der Waals surface area contributed by atoms with E-state index in [9.17, 15) is 0 Å². The van der Waals surface area contributed by atoms with Gasteiger partial charge in [-0.15, -0.1) is 0 Å². The average Bonchev–Trinajstić information content (AvgIpc) is 2.97. The Balaban J connectivity index is 1.37. The molecule has 2 aromatic heterocycles. The second-order valence-corrected chi connectivity index (χ2v) is 7.21. The molecule has 0 saturated carbocycles. The van der Waals surface area contributed by atoms with E-state index in [1.807, 2.05) is 25.1 Å². The van der Waals surface area contributed by atoms with Crippen LogP contribution in [0.3, 0.4) is 0 Å². The van der Waals surface area contributed by atoms with Gasteiger partial charge in [-0.3, -0.25) is 14.9 Å². The Morgan fingerprint density at radius 2 is 2.28 bits per heavy atom. The number of ether oxygens (including phenoxy) is 2. The van der Waals surface area contributed by atoms with E-state index >= 15 is 0 Å². The number of nitrogens with zero attached hydrogens (tertiary/aromatic N) is 3. The van der Waals surface area contributed by atoms with Gasteiger partial charge in [-0.25, -0.2) is 0 Å². The van der Waals surface area contributed by atoms with Gasteiger partial charge in [-0.05, 0) is 50.6 Å². The Hall–Kier alpha value is -1.98. The maximum absolute atomic E-state index is 6.25. The number of hydrogen-bond acceptors (Lipinski definition) is 5. The summed E-state index contributed by atoms with van der Waals surface area (Å²) >= 11 is 0. The molecule has 5 heteroatoms. The van der Waals surface area contributed by atoms with Crippen LogP contribution >= 0.6 is 0 Å². The fraction of sp³-hybridized carbons (Fsp3) is 0.500. The quantitative estimate of drug-likeness (QED) is 0.857. The first-order valence-corrected chi connectivity index (χ1v) is 9.06. The van der Waals surface area contributed by atoms with Crippen LogP contribution in [-0.4, -0.2) is 46.3 Å². The summed E-state index contributed by atoms with van der Waals surface area (Å²) in [4.78, 5) is 11.2. The molecular formula is C20H25N3O2. The molecule has 25 heavy (non-hydrogen) atoms. The summed E-state index contributed by atoms with van der Waals surface area (Å²) in [6.45, 7) is 5.65. The van der Waals surface area contributed by atoms with Crippen molar-refractivity contribution in [3.63, 3.8) is 0 Å². The van der Waals surface area contributed by atoms with Gasteiger partial charge in [0.15, 0.2) is 0 Å². The number of aromatic nitrogens is 2.